The number of aromatic nitrogens is 3. The van der Waals surface area contributed by atoms with Gasteiger partial charge in [-0.15, -0.1) is 0 Å². The van der Waals surface area contributed by atoms with Crippen molar-refractivity contribution in [3.05, 3.63) is 40.1 Å². The zero-order valence-electron chi connectivity index (χ0n) is 14.3. The topological polar surface area (TPSA) is 138 Å². The van der Waals surface area contributed by atoms with E-state index in [0.29, 0.717) is 17.1 Å². The first kappa shape index (κ1) is 17.0. The van der Waals surface area contributed by atoms with Crippen LogP contribution in [-0.4, -0.2) is 24.7 Å². The SMILES string of the molecule is Nc1cc(Nc2cc(CO)c3n(c2=O)C2(CCCCC2)NC3O)ncn1. The van der Waals surface area contributed by atoms with Crippen LogP contribution >= 0.6 is 0 Å². The Morgan fingerprint density at radius 3 is 2.77 bits per heavy atom. The molecule has 2 aromatic heterocycles. The Kier molecular flexibility index (Phi) is 4.14. The molecule has 0 radical (unpaired) electrons. The van der Waals surface area contributed by atoms with Crippen molar-refractivity contribution in [1.29, 1.82) is 0 Å². The Labute approximate surface area is 149 Å². The van der Waals surface area contributed by atoms with Gasteiger partial charge in [-0.1, -0.05) is 6.42 Å². The van der Waals surface area contributed by atoms with E-state index >= 15 is 0 Å². The second kappa shape index (κ2) is 6.35. The number of fused-ring (bicyclic) bond motifs is 2. The monoisotopic (exact) mass is 358 g/mol. The zero-order valence-corrected chi connectivity index (χ0v) is 14.3. The maximum absolute atomic E-state index is 13.2. The lowest BCUT2D eigenvalue weighted by molar-refractivity contribution is 0.0782. The third-order valence-electron chi connectivity index (χ3n) is 5.22. The van der Waals surface area contributed by atoms with E-state index in [1.807, 2.05) is 0 Å². The summed E-state index contributed by atoms with van der Waals surface area (Å²) in [6, 6.07) is 3.08. The van der Waals surface area contributed by atoms with Crippen LogP contribution in [0.5, 0.6) is 0 Å². The van der Waals surface area contributed by atoms with Gasteiger partial charge in [0.15, 0.2) is 0 Å². The zero-order chi connectivity index (χ0) is 18.3. The number of aliphatic hydroxyl groups is 2. The van der Waals surface area contributed by atoms with Gasteiger partial charge in [0.05, 0.1) is 12.3 Å². The maximum atomic E-state index is 13.2. The summed E-state index contributed by atoms with van der Waals surface area (Å²) < 4.78 is 1.62. The first-order valence-electron chi connectivity index (χ1n) is 8.74. The lowest BCUT2D eigenvalue weighted by atomic mass is 9.89. The predicted octanol–water partition coefficient (Wildman–Crippen LogP) is 0.667. The van der Waals surface area contributed by atoms with E-state index in [1.54, 1.807) is 10.6 Å². The van der Waals surface area contributed by atoms with Crippen LogP contribution < -0.4 is 21.9 Å². The summed E-state index contributed by atoms with van der Waals surface area (Å²) in [7, 11) is 0. The molecule has 1 saturated carbocycles. The number of hydrogen-bond donors (Lipinski definition) is 5. The van der Waals surface area contributed by atoms with Gasteiger partial charge in [-0.3, -0.25) is 14.7 Å². The van der Waals surface area contributed by atoms with Crippen LogP contribution in [0.1, 0.15) is 49.6 Å². The largest absolute Gasteiger partial charge is 0.392 e. The fraction of sp³-hybridized carbons (Fsp3) is 0.471. The molecule has 0 amide bonds. The van der Waals surface area contributed by atoms with E-state index in [4.69, 9.17) is 5.73 Å². The summed E-state index contributed by atoms with van der Waals surface area (Å²) in [5.41, 5.74) is 6.00. The van der Waals surface area contributed by atoms with Gasteiger partial charge in [0.2, 0.25) is 0 Å². The Balaban J connectivity index is 1.85. The van der Waals surface area contributed by atoms with Crippen LogP contribution in [0.4, 0.5) is 17.3 Å². The second-order valence-corrected chi connectivity index (χ2v) is 6.86. The van der Waals surface area contributed by atoms with Gasteiger partial charge in [0.1, 0.15) is 35.5 Å². The molecule has 6 N–H and O–H groups in total. The Hall–Kier alpha value is -2.49. The van der Waals surface area contributed by atoms with Gasteiger partial charge in [-0.25, -0.2) is 9.97 Å². The molecule has 9 nitrogen and oxygen atoms in total. The van der Waals surface area contributed by atoms with Crippen LogP contribution in [0.2, 0.25) is 0 Å². The Morgan fingerprint density at radius 1 is 1.31 bits per heavy atom. The number of nitrogens with zero attached hydrogens (tertiary/aromatic N) is 3. The molecule has 0 saturated heterocycles. The molecule has 9 heteroatoms. The Morgan fingerprint density at radius 2 is 2.08 bits per heavy atom. The van der Waals surface area contributed by atoms with Crippen molar-refractivity contribution in [2.75, 3.05) is 11.1 Å². The van der Waals surface area contributed by atoms with Crippen LogP contribution in [-0.2, 0) is 12.3 Å². The number of pyridine rings is 1. The van der Waals surface area contributed by atoms with Crippen LogP contribution in [0.15, 0.2) is 23.3 Å². The predicted molar refractivity (Wildman–Crippen MR) is 95.5 cm³/mol. The molecule has 1 unspecified atom stereocenters. The normalized spacial score (nSPS) is 20.9. The molecule has 0 aromatic carbocycles. The van der Waals surface area contributed by atoms with Crippen molar-refractivity contribution >= 4 is 17.3 Å². The highest BCUT2D eigenvalue weighted by Crippen LogP contribution is 2.41. The van der Waals surface area contributed by atoms with Gasteiger partial charge in [-0.2, -0.15) is 0 Å². The molecule has 138 valence electrons. The van der Waals surface area contributed by atoms with E-state index in [2.05, 4.69) is 20.6 Å². The number of anilines is 3. The summed E-state index contributed by atoms with van der Waals surface area (Å²) >= 11 is 0. The molecular formula is C17H22N6O3. The molecular weight excluding hydrogens is 336 g/mol. The van der Waals surface area contributed by atoms with Crippen molar-refractivity contribution in [3.8, 4) is 0 Å². The van der Waals surface area contributed by atoms with Crippen LogP contribution in [0.3, 0.4) is 0 Å². The van der Waals surface area contributed by atoms with Gasteiger partial charge in [-0.05, 0) is 31.7 Å². The highest BCUT2D eigenvalue weighted by molar-refractivity contribution is 5.59. The highest BCUT2D eigenvalue weighted by Gasteiger charge is 2.45. The summed E-state index contributed by atoms with van der Waals surface area (Å²) in [6.45, 7) is -0.287. The average Bonchev–Trinajstić information content (AvgIpc) is 2.90. The summed E-state index contributed by atoms with van der Waals surface area (Å²) in [6.07, 6.45) is 4.89. The molecule has 2 aliphatic rings. The fourth-order valence-corrected chi connectivity index (χ4v) is 4.09. The van der Waals surface area contributed by atoms with Crippen molar-refractivity contribution < 1.29 is 10.2 Å². The van der Waals surface area contributed by atoms with Crippen molar-refractivity contribution in [2.45, 2.75) is 50.6 Å². The van der Waals surface area contributed by atoms with Crippen LogP contribution in [0, 0.1) is 0 Å². The van der Waals surface area contributed by atoms with Gasteiger partial charge < -0.3 is 21.3 Å². The molecule has 1 aliphatic heterocycles. The summed E-state index contributed by atoms with van der Waals surface area (Å²) in [4.78, 5) is 21.1. The molecule has 26 heavy (non-hydrogen) atoms. The highest BCUT2D eigenvalue weighted by atomic mass is 16.3. The first-order valence-corrected chi connectivity index (χ1v) is 8.74. The van der Waals surface area contributed by atoms with Crippen molar-refractivity contribution in [3.63, 3.8) is 0 Å². The minimum atomic E-state index is -0.980. The third-order valence-corrected chi connectivity index (χ3v) is 5.22. The lowest BCUT2D eigenvalue weighted by Crippen LogP contribution is -2.48. The number of nitrogens with one attached hydrogen (secondary N) is 2. The van der Waals surface area contributed by atoms with Crippen LogP contribution in [0.25, 0.3) is 0 Å². The van der Waals surface area contributed by atoms with Crippen molar-refractivity contribution in [2.24, 2.45) is 0 Å². The number of nitrogen functional groups attached to an aromatic ring is 1. The van der Waals surface area contributed by atoms with E-state index in [-0.39, 0.29) is 23.7 Å². The molecule has 3 heterocycles. The molecule has 1 aliphatic carbocycles. The Bertz CT molecular complexity index is 891. The summed E-state index contributed by atoms with van der Waals surface area (Å²) in [5.74, 6) is 0.676. The smallest absolute Gasteiger partial charge is 0.276 e. The third kappa shape index (κ3) is 2.64. The molecule has 1 spiro atoms. The molecule has 1 atom stereocenters. The van der Waals surface area contributed by atoms with Crippen molar-refractivity contribution in [1.82, 2.24) is 19.9 Å². The van der Waals surface area contributed by atoms with E-state index in [1.165, 1.54) is 12.4 Å². The maximum Gasteiger partial charge on any atom is 0.276 e. The standard InChI is InChI=1S/C17H22N6O3/c18-12-7-13(20-9-19-12)21-11-6-10(8-24)14-15(25)22-17(23(14)16(11)26)4-2-1-3-5-17/h6-7,9,15,22,24-25H,1-5,8H2,(H3,18,19,20,21). The minimum absolute atomic E-state index is 0.264. The van der Waals surface area contributed by atoms with E-state index in [0.717, 1.165) is 32.1 Å². The first-order chi connectivity index (χ1) is 12.5. The molecule has 4 rings (SSSR count). The quantitative estimate of drug-likeness (QED) is 0.539. The lowest BCUT2D eigenvalue weighted by Gasteiger charge is -2.36. The average molecular weight is 358 g/mol. The van der Waals surface area contributed by atoms with Gasteiger partial charge >= 0.3 is 0 Å². The molecule has 1 fully saturated rings. The van der Waals surface area contributed by atoms with E-state index in [9.17, 15) is 15.0 Å². The number of nitrogens with two attached hydrogens (primary N) is 1. The second-order valence-electron chi connectivity index (χ2n) is 6.86. The number of aliphatic hydroxyl groups excluding tert-OH is 2. The van der Waals surface area contributed by atoms with Gasteiger partial charge in [0.25, 0.3) is 5.56 Å². The van der Waals surface area contributed by atoms with E-state index < -0.39 is 11.9 Å². The minimum Gasteiger partial charge on any atom is -0.392 e. The fourth-order valence-electron chi connectivity index (χ4n) is 4.09. The molecule has 2 aromatic rings. The summed E-state index contributed by atoms with van der Waals surface area (Å²) in [5, 5.41) is 26.5. The van der Waals surface area contributed by atoms with Gasteiger partial charge in [0, 0.05) is 11.6 Å². The number of hydrogen-bond acceptors (Lipinski definition) is 8. The number of rotatable bonds is 3. The molecule has 0 bridgehead atoms.